The van der Waals surface area contributed by atoms with E-state index in [1.165, 1.54) is 17.6 Å². The lowest BCUT2D eigenvalue weighted by molar-refractivity contribution is -0.153. The molecule has 8 heteroatoms. The first-order chi connectivity index (χ1) is 13.4. The van der Waals surface area contributed by atoms with Gasteiger partial charge in [-0.3, -0.25) is 9.17 Å². The molecular weight excluding hydrogens is 391 g/mol. The molecule has 3 aromatic rings. The van der Waals surface area contributed by atoms with Crippen LogP contribution < -0.4 is 15.0 Å². The van der Waals surface area contributed by atoms with E-state index in [2.05, 4.69) is 4.37 Å². The molecule has 0 fully saturated rings. The Morgan fingerprint density at radius 3 is 2.61 bits per heavy atom. The quantitative estimate of drug-likeness (QED) is 0.639. The average Bonchev–Trinajstić information content (AvgIpc) is 3.27. The van der Waals surface area contributed by atoms with Crippen molar-refractivity contribution in [3.05, 3.63) is 70.0 Å². The Morgan fingerprint density at radius 2 is 1.93 bits per heavy atom. The first-order valence-corrected chi connectivity index (χ1v) is 9.48. The second-order valence-corrected chi connectivity index (χ2v) is 7.32. The van der Waals surface area contributed by atoms with E-state index in [1.807, 2.05) is 30.3 Å². The molecule has 146 valence electrons. The zero-order chi connectivity index (χ0) is 19.7. The number of alkyl halides is 3. The van der Waals surface area contributed by atoms with Gasteiger partial charge in [-0.2, -0.15) is 13.2 Å². The van der Waals surface area contributed by atoms with Crippen molar-refractivity contribution < 1.29 is 22.6 Å². The Bertz CT molecular complexity index is 1020. The predicted octanol–water partition coefficient (Wildman–Crippen LogP) is 5.11. The number of hydrogen-bond acceptors (Lipinski definition) is 4. The third-order valence-electron chi connectivity index (χ3n) is 4.50. The Labute approximate surface area is 162 Å². The smallest absolute Gasteiger partial charge is 0.422 e. The van der Waals surface area contributed by atoms with Crippen LogP contribution in [0, 0.1) is 0 Å². The molecule has 1 N–H and O–H groups in total. The maximum Gasteiger partial charge on any atom is 0.422 e. The third kappa shape index (κ3) is 4.06. The van der Waals surface area contributed by atoms with Gasteiger partial charge < -0.3 is 9.47 Å². The van der Waals surface area contributed by atoms with Gasteiger partial charge in [-0.05, 0) is 54.3 Å². The van der Waals surface area contributed by atoms with Crippen molar-refractivity contribution in [3.63, 3.8) is 0 Å². The standard InChI is InChI=1S/C20H16F3NO3S/c21-20(22,23)11-26-16-3-1-2-14-15(16)8-9-17(14)27-13-6-4-12(5-7-13)18-10-19(25)24-28-18/h1-7,10,17H,8-9,11H2,(H,24,25). The van der Waals surface area contributed by atoms with Gasteiger partial charge >= 0.3 is 6.18 Å². The SMILES string of the molecule is O=c1cc(-c2ccc(OC3CCc4c(OCC(F)(F)F)cccc43)cc2)s[nH]1. The van der Waals surface area contributed by atoms with Crippen LogP contribution in [0.5, 0.6) is 11.5 Å². The molecule has 1 unspecified atom stereocenters. The van der Waals surface area contributed by atoms with Crippen LogP contribution in [-0.2, 0) is 6.42 Å². The van der Waals surface area contributed by atoms with Crippen LogP contribution in [0.3, 0.4) is 0 Å². The highest BCUT2D eigenvalue weighted by Crippen LogP contribution is 2.40. The molecule has 0 bridgehead atoms. The fraction of sp³-hybridized carbons (Fsp3) is 0.250. The molecule has 0 amide bonds. The number of rotatable bonds is 5. The molecule has 1 aliphatic rings. The summed E-state index contributed by atoms with van der Waals surface area (Å²) in [6.07, 6.45) is -3.34. The molecule has 0 radical (unpaired) electrons. The van der Waals surface area contributed by atoms with Crippen molar-refractivity contribution in [2.24, 2.45) is 0 Å². The van der Waals surface area contributed by atoms with Crippen molar-refractivity contribution in [1.29, 1.82) is 0 Å². The molecule has 0 spiro atoms. The van der Waals surface area contributed by atoms with Gasteiger partial charge in [-0.1, -0.05) is 23.7 Å². The number of benzene rings is 2. The zero-order valence-corrected chi connectivity index (χ0v) is 15.4. The van der Waals surface area contributed by atoms with Crippen molar-refractivity contribution in [3.8, 4) is 21.9 Å². The lowest BCUT2D eigenvalue weighted by Crippen LogP contribution is -2.19. The second kappa shape index (κ2) is 7.35. The minimum absolute atomic E-state index is 0.133. The van der Waals surface area contributed by atoms with Crippen molar-refractivity contribution in [1.82, 2.24) is 4.37 Å². The van der Waals surface area contributed by atoms with Gasteiger partial charge in [0.2, 0.25) is 0 Å². The molecule has 2 aromatic carbocycles. The van der Waals surface area contributed by atoms with E-state index >= 15 is 0 Å². The number of aromatic amines is 1. The first kappa shape index (κ1) is 18.6. The number of H-pyrrole nitrogens is 1. The lowest BCUT2D eigenvalue weighted by atomic mass is 10.1. The summed E-state index contributed by atoms with van der Waals surface area (Å²) in [6, 6.07) is 14.0. The summed E-state index contributed by atoms with van der Waals surface area (Å²) in [7, 11) is 0. The minimum Gasteiger partial charge on any atom is -0.486 e. The normalized spacial score (nSPS) is 16.0. The molecule has 4 nitrogen and oxygen atoms in total. The number of hydrogen-bond donors (Lipinski definition) is 1. The van der Waals surface area contributed by atoms with Gasteiger partial charge in [-0.25, -0.2) is 0 Å². The highest BCUT2D eigenvalue weighted by atomic mass is 32.1. The molecule has 28 heavy (non-hydrogen) atoms. The summed E-state index contributed by atoms with van der Waals surface area (Å²) >= 11 is 1.27. The Hall–Kier alpha value is -2.74. The van der Waals surface area contributed by atoms with Crippen LogP contribution in [0.25, 0.3) is 10.4 Å². The monoisotopic (exact) mass is 407 g/mol. The maximum absolute atomic E-state index is 12.4. The predicted molar refractivity (Wildman–Crippen MR) is 100 cm³/mol. The number of nitrogens with one attached hydrogen (secondary N) is 1. The molecular formula is C20H16F3NO3S. The summed E-state index contributed by atoms with van der Waals surface area (Å²) in [5.74, 6) is 0.921. The zero-order valence-electron chi connectivity index (χ0n) is 14.6. The molecule has 1 aromatic heterocycles. The van der Waals surface area contributed by atoms with Gasteiger partial charge in [0, 0.05) is 11.6 Å². The molecule has 1 aliphatic carbocycles. The van der Waals surface area contributed by atoms with E-state index in [0.717, 1.165) is 21.6 Å². The fourth-order valence-corrected chi connectivity index (χ4v) is 3.98. The van der Waals surface area contributed by atoms with Crippen LogP contribution in [0.4, 0.5) is 13.2 Å². The van der Waals surface area contributed by atoms with E-state index < -0.39 is 12.8 Å². The van der Waals surface area contributed by atoms with Gasteiger partial charge in [0.1, 0.15) is 17.6 Å². The number of halogens is 3. The highest BCUT2D eigenvalue weighted by molar-refractivity contribution is 7.09. The molecule has 0 saturated carbocycles. The summed E-state index contributed by atoms with van der Waals surface area (Å²) < 4.78 is 51.0. The van der Waals surface area contributed by atoms with E-state index in [9.17, 15) is 18.0 Å². The highest BCUT2D eigenvalue weighted by Gasteiger charge is 2.31. The van der Waals surface area contributed by atoms with Crippen molar-refractivity contribution >= 4 is 11.5 Å². The van der Waals surface area contributed by atoms with Crippen LogP contribution >= 0.6 is 11.5 Å². The summed E-state index contributed by atoms with van der Waals surface area (Å²) in [4.78, 5) is 12.1. The Balaban J connectivity index is 1.48. The summed E-state index contributed by atoms with van der Waals surface area (Å²) in [5, 5.41) is 0. The molecule has 1 heterocycles. The maximum atomic E-state index is 12.4. The largest absolute Gasteiger partial charge is 0.486 e. The Morgan fingerprint density at radius 1 is 1.14 bits per heavy atom. The van der Waals surface area contributed by atoms with Gasteiger partial charge in [-0.15, -0.1) is 0 Å². The van der Waals surface area contributed by atoms with Crippen molar-refractivity contribution in [2.75, 3.05) is 6.61 Å². The van der Waals surface area contributed by atoms with Crippen LogP contribution in [0.1, 0.15) is 23.7 Å². The number of ether oxygens (including phenoxy) is 2. The fourth-order valence-electron chi connectivity index (χ4n) is 3.29. The van der Waals surface area contributed by atoms with Crippen LogP contribution in [-0.4, -0.2) is 17.2 Å². The summed E-state index contributed by atoms with van der Waals surface area (Å²) in [6.45, 7) is -1.30. The van der Waals surface area contributed by atoms with E-state index in [4.69, 9.17) is 9.47 Å². The third-order valence-corrected chi connectivity index (χ3v) is 5.38. The van der Waals surface area contributed by atoms with Gasteiger partial charge in [0.25, 0.3) is 5.56 Å². The van der Waals surface area contributed by atoms with Gasteiger partial charge in [0.15, 0.2) is 6.61 Å². The van der Waals surface area contributed by atoms with Crippen LogP contribution in [0.2, 0.25) is 0 Å². The summed E-state index contributed by atoms with van der Waals surface area (Å²) in [5.41, 5.74) is 2.40. The second-order valence-electron chi connectivity index (χ2n) is 6.47. The molecule has 4 rings (SSSR count). The molecule has 0 aliphatic heterocycles. The average molecular weight is 407 g/mol. The van der Waals surface area contributed by atoms with Crippen LogP contribution in [0.15, 0.2) is 53.3 Å². The van der Waals surface area contributed by atoms with Crippen molar-refractivity contribution in [2.45, 2.75) is 25.1 Å². The van der Waals surface area contributed by atoms with E-state index in [0.29, 0.717) is 18.6 Å². The molecule has 0 saturated heterocycles. The lowest BCUT2D eigenvalue weighted by Gasteiger charge is -2.16. The first-order valence-electron chi connectivity index (χ1n) is 8.66. The number of fused-ring (bicyclic) bond motifs is 1. The Kier molecular flexibility index (Phi) is 4.89. The number of aromatic nitrogens is 1. The van der Waals surface area contributed by atoms with Gasteiger partial charge in [0.05, 0.1) is 4.88 Å². The topological polar surface area (TPSA) is 51.3 Å². The minimum atomic E-state index is -4.37. The van der Waals surface area contributed by atoms with E-state index in [1.54, 1.807) is 12.1 Å². The molecule has 1 atom stereocenters. The van der Waals surface area contributed by atoms with E-state index in [-0.39, 0.29) is 17.4 Å².